The molecule has 0 saturated heterocycles. The van der Waals surface area contributed by atoms with Gasteiger partial charge in [-0.3, -0.25) is 4.79 Å². The third-order valence-corrected chi connectivity index (χ3v) is 4.36. The third kappa shape index (κ3) is 3.40. The van der Waals surface area contributed by atoms with Crippen LogP contribution in [0.25, 0.3) is 11.6 Å². The zero-order chi connectivity index (χ0) is 17.1. The first-order chi connectivity index (χ1) is 12.3. The van der Waals surface area contributed by atoms with Crippen molar-refractivity contribution in [2.75, 3.05) is 0 Å². The van der Waals surface area contributed by atoms with E-state index < -0.39 is 0 Å². The quantitative estimate of drug-likeness (QED) is 0.768. The van der Waals surface area contributed by atoms with E-state index >= 15 is 0 Å². The lowest BCUT2D eigenvalue weighted by molar-refractivity contribution is -0.121. The minimum atomic E-state index is -0.0163. The van der Waals surface area contributed by atoms with E-state index in [0.29, 0.717) is 24.0 Å². The molecule has 1 amide bonds. The molecule has 2 aromatic heterocycles. The Morgan fingerprint density at radius 1 is 1.16 bits per heavy atom. The van der Waals surface area contributed by atoms with Crippen molar-refractivity contribution in [1.82, 2.24) is 25.4 Å². The van der Waals surface area contributed by atoms with Crippen LogP contribution in [0.4, 0.5) is 0 Å². The zero-order valence-electron chi connectivity index (χ0n) is 13.6. The van der Waals surface area contributed by atoms with E-state index in [1.54, 1.807) is 18.5 Å². The molecule has 7 heteroatoms. The van der Waals surface area contributed by atoms with E-state index in [4.69, 9.17) is 4.52 Å². The predicted octanol–water partition coefficient (Wildman–Crippen LogP) is 2.26. The molecule has 0 saturated carbocycles. The summed E-state index contributed by atoms with van der Waals surface area (Å²) in [7, 11) is 0. The van der Waals surface area contributed by atoms with Gasteiger partial charge in [0.05, 0.1) is 6.54 Å². The van der Waals surface area contributed by atoms with Gasteiger partial charge in [-0.1, -0.05) is 29.4 Å². The molecule has 1 aliphatic rings. The predicted molar refractivity (Wildman–Crippen MR) is 89.3 cm³/mol. The normalized spacial score (nSPS) is 15.8. The molecule has 1 unspecified atom stereocenters. The smallest absolute Gasteiger partial charge is 0.246 e. The highest BCUT2D eigenvalue weighted by Crippen LogP contribution is 2.35. The first-order valence-corrected chi connectivity index (χ1v) is 8.24. The van der Waals surface area contributed by atoms with Crippen molar-refractivity contribution < 1.29 is 9.32 Å². The number of rotatable bonds is 5. The van der Waals surface area contributed by atoms with Crippen LogP contribution in [0.1, 0.15) is 35.8 Å². The lowest BCUT2D eigenvalue weighted by Gasteiger charge is -2.10. The van der Waals surface area contributed by atoms with Crippen LogP contribution in [-0.4, -0.2) is 26.0 Å². The fraction of sp³-hybridized carbons (Fsp3) is 0.278. The fourth-order valence-corrected chi connectivity index (χ4v) is 3.16. The largest absolute Gasteiger partial charge is 0.347 e. The van der Waals surface area contributed by atoms with Crippen molar-refractivity contribution in [3.63, 3.8) is 0 Å². The van der Waals surface area contributed by atoms with Crippen LogP contribution < -0.4 is 5.32 Å². The summed E-state index contributed by atoms with van der Waals surface area (Å²) >= 11 is 0. The van der Waals surface area contributed by atoms with Gasteiger partial charge in [-0.2, -0.15) is 4.98 Å². The number of carbonyl (C=O) groups excluding carboxylic acids is 1. The Morgan fingerprint density at radius 2 is 2.00 bits per heavy atom. The molecule has 0 spiro atoms. The number of nitrogens with zero attached hydrogens (tertiary/aromatic N) is 4. The lowest BCUT2D eigenvalue weighted by Crippen LogP contribution is -2.24. The van der Waals surface area contributed by atoms with Gasteiger partial charge in [0, 0.05) is 18.8 Å². The van der Waals surface area contributed by atoms with Crippen LogP contribution in [0.15, 0.2) is 47.2 Å². The fourth-order valence-electron chi connectivity index (χ4n) is 3.16. The first-order valence-electron chi connectivity index (χ1n) is 8.24. The van der Waals surface area contributed by atoms with E-state index in [9.17, 15) is 4.79 Å². The molecule has 1 atom stereocenters. The number of hydrogen-bond donors (Lipinski definition) is 1. The number of benzene rings is 1. The molecule has 4 rings (SSSR count). The Bertz CT molecular complexity index is 878. The van der Waals surface area contributed by atoms with Crippen molar-refractivity contribution in [1.29, 1.82) is 0 Å². The van der Waals surface area contributed by atoms with E-state index in [-0.39, 0.29) is 18.4 Å². The monoisotopic (exact) mass is 335 g/mol. The van der Waals surface area contributed by atoms with Gasteiger partial charge >= 0.3 is 0 Å². The van der Waals surface area contributed by atoms with E-state index in [0.717, 1.165) is 12.8 Å². The lowest BCUT2D eigenvalue weighted by atomic mass is 9.97. The highest BCUT2D eigenvalue weighted by Gasteiger charge is 2.24. The summed E-state index contributed by atoms with van der Waals surface area (Å²) in [6, 6.07) is 10.0. The SMILES string of the molecule is O=C(CC1CCc2ccccc21)NCc1nc(-c2ncccn2)no1. The van der Waals surface area contributed by atoms with E-state index in [1.807, 2.05) is 12.1 Å². The average Bonchev–Trinajstić information content (AvgIpc) is 3.28. The number of fused-ring (bicyclic) bond motifs is 1. The first kappa shape index (κ1) is 15.4. The molecule has 0 radical (unpaired) electrons. The Kier molecular flexibility index (Phi) is 4.20. The number of aromatic nitrogens is 4. The summed E-state index contributed by atoms with van der Waals surface area (Å²) in [4.78, 5) is 24.6. The molecular weight excluding hydrogens is 318 g/mol. The van der Waals surface area contributed by atoms with Crippen LogP contribution in [0.2, 0.25) is 0 Å². The second-order valence-corrected chi connectivity index (χ2v) is 6.00. The van der Waals surface area contributed by atoms with Gasteiger partial charge in [0.15, 0.2) is 0 Å². The van der Waals surface area contributed by atoms with Gasteiger partial charge in [0.1, 0.15) is 0 Å². The standard InChI is InChI=1S/C18H17N5O2/c24-15(10-13-7-6-12-4-1-2-5-14(12)13)21-11-16-22-18(23-25-16)17-19-8-3-9-20-17/h1-5,8-9,13H,6-7,10-11H2,(H,21,24). The van der Waals surface area contributed by atoms with Crippen LogP contribution in [0, 0.1) is 0 Å². The highest BCUT2D eigenvalue weighted by atomic mass is 16.5. The van der Waals surface area contributed by atoms with Crippen molar-refractivity contribution in [2.45, 2.75) is 31.7 Å². The maximum absolute atomic E-state index is 12.2. The maximum Gasteiger partial charge on any atom is 0.246 e. The van der Waals surface area contributed by atoms with Gasteiger partial charge in [-0.05, 0) is 36.0 Å². The molecule has 1 aromatic carbocycles. The molecule has 25 heavy (non-hydrogen) atoms. The van der Waals surface area contributed by atoms with Crippen molar-refractivity contribution in [3.8, 4) is 11.6 Å². The summed E-state index contributed by atoms with van der Waals surface area (Å²) in [6.45, 7) is 0.201. The Hall–Kier alpha value is -3.09. The molecule has 0 fully saturated rings. The van der Waals surface area contributed by atoms with Crippen LogP contribution in [-0.2, 0) is 17.8 Å². The van der Waals surface area contributed by atoms with Gasteiger partial charge < -0.3 is 9.84 Å². The highest BCUT2D eigenvalue weighted by molar-refractivity contribution is 5.77. The number of amides is 1. The van der Waals surface area contributed by atoms with Crippen LogP contribution in [0.3, 0.4) is 0 Å². The molecule has 126 valence electrons. The van der Waals surface area contributed by atoms with Crippen molar-refractivity contribution >= 4 is 5.91 Å². The molecule has 0 aliphatic heterocycles. The summed E-state index contributed by atoms with van der Waals surface area (Å²) in [5.74, 6) is 1.31. The number of hydrogen-bond acceptors (Lipinski definition) is 6. The average molecular weight is 335 g/mol. The molecule has 1 N–H and O–H groups in total. The maximum atomic E-state index is 12.2. The van der Waals surface area contributed by atoms with Crippen molar-refractivity contribution in [3.05, 3.63) is 59.7 Å². The number of carbonyl (C=O) groups is 1. The van der Waals surface area contributed by atoms with Crippen LogP contribution in [0.5, 0.6) is 0 Å². The van der Waals surface area contributed by atoms with Gasteiger partial charge in [0.2, 0.25) is 23.4 Å². The zero-order valence-corrected chi connectivity index (χ0v) is 13.6. The number of aryl methyl sites for hydroxylation is 1. The molecular formula is C18H17N5O2. The second kappa shape index (κ2) is 6.80. The van der Waals surface area contributed by atoms with Gasteiger partial charge in [-0.25, -0.2) is 9.97 Å². The minimum absolute atomic E-state index is 0.0163. The molecule has 2 heterocycles. The third-order valence-electron chi connectivity index (χ3n) is 4.36. The summed E-state index contributed by atoms with van der Waals surface area (Å²) in [5, 5.41) is 6.68. The van der Waals surface area contributed by atoms with Gasteiger partial charge in [0.25, 0.3) is 0 Å². The minimum Gasteiger partial charge on any atom is -0.347 e. The van der Waals surface area contributed by atoms with Crippen LogP contribution >= 0.6 is 0 Å². The number of nitrogens with one attached hydrogen (secondary N) is 1. The molecule has 3 aromatic rings. The van der Waals surface area contributed by atoms with Crippen molar-refractivity contribution in [2.24, 2.45) is 0 Å². The molecule has 1 aliphatic carbocycles. The summed E-state index contributed by atoms with van der Waals surface area (Å²) < 4.78 is 5.14. The van der Waals surface area contributed by atoms with E-state index in [1.165, 1.54) is 11.1 Å². The Morgan fingerprint density at radius 3 is 2.88 bits per heavy atom. The summed E-state index contributed by atoms with van der Waals surface area (Å²) in [6.07, 6.45) is 5.75. The molecule has 0 bridgehead atoms. The Labute approximate surface area is 144 Å². The Balaban J connectivity index is 1.33. The topological polar surface area (TPSA) is 93.8 Å². The second-order valence-electron chi connectivity index (χ2n) is 6.00. The van der Waals surface area contributed by atoms with E-state index in [2.05, 4.69) is 37.6 Å². The summed E-state index contributed by atoms with van der Waals surface area (Å²) in [5.41, 5.74) is 2.64. The van der Waals surface area contributed by atoms with Gasteiger partial charge in [-0.15, -0.1) is 0 Å². The molecule has 7 nitrogen and oxygen atoms in total.